The first-order valence-electron chi connectivity index (χ1n) is 46.6. The van der Waals surface area contributed by atoms with Gasteiger partial charge in [-0.2, -0.15) is 15.8 Å². The summed E-state index contributed by atoms with van der Waals surface area (Å²) in [5, 5.41) is 59.8. The first kappa shape index (κ1) is 78.4. The van der Waals surface area contributed by atoms with Gasteiger partial charge < -0.3 is 14.2 Å². The van der Waals surface area contributed by atoms with Crippen molar-refractivity contribution in [2.45, 2.75) is 0 Å². The Morgan fingerprint density at radius 2 is 0.482 bits per heavy atom. The number of ether oxygens (including phenoxy) is 3. The van der Waals surface area contributed by atoms with E-state index in [0.29, 0.717) is 16.7 Å². The summed E-state index contributed by atoms with van der Waals surface area (Å²) in [5.41, 5.74) is 25.8. The molecule has 3 aromatic heterocycles. The minimum Gasteiger partial charge on any atom is -0.456 e. The van der Waals surface area contributed by atoms with Crippen LogP contribution in [0, 0.1) is 34.0 Å². The van der Waals surface area contributed by atoms with Gasteiger partial charge in [-0.25, -0.2) is 0 Å². The van der Waals surface area contributed by atoms with Crippen molar-refractivity contribution in [3.8, 4) is 175 Å². The van der Waals surface area contributed by atoms with E-state index < -0.39 is 0 Å². The van der Waals surface area contributed by atoms with Crippen LogP contribution in [0.25, 0.3) is 263 Å². The van der Waals surface area contributed by atoms with Gasteiger partial charge in [-0.1, -0.05) is 303 Å². The van der Waals surface area contributed by atoms with E-state index in [1.807, 2.05) is 110 Å². The van der Waals surface area contributed by atoms with E-state index in [2.05, 4.69) is 339 Å². The van der Waals surface area contributed by atoms with Gasteiger partial charge >= 0.3 is 0 Å². The summed E-state index contributed by atoms with van der Waals surface area (Å²) >= 11 is 0. The average Bonchev–Trinajstić information content (AvgIpc) is 0.727. The minimum atomic E-state index is 0.653. The third-order valence-electron chi connectivity index (χ3n) is 29.0. The summed E-state index contributed by atoms with van der Waals surface area (Å²) in [5.74, 6) is 4.77. The van der Waals surface area contributed by atoms with E-state index in [0.717, 1.165) is 167 Å². The van der Waals surface area contributed by atoms with Gasteiger partial charge in [0.05, 0.1) is 52.0 Å². The zero-order valence-corrected chi connectivity index (χ0v) is 74.3. The van der Waals surface area contributed by atoms with Crippen LogP contribution in [0.5, 0.6) is 34.5 Å². The van der Waals surface area contributed by atoms with Crippen molar-refractivity contribution in [1.82, 2.24) is 15.0 Å². The second-order valence-electron chi connectivity index (χ2n) is 36.2. The Hall–Kier alpha value is -19.2. The summed E-state index contributed by atoms with van der Waals surface area (Å²) in [4.78, 5) is 14.6. The molecule has 9 nitrogen and oxygen atoms in total. The predicted molar refractivity (Wildman–Crippen MR) is 568 cm³/mol. The molecule has 30 rings (SSSR count). The van der Waals surface area contributed by atoms with E-state index >= 15 is 0 Å². The third kappa shape index (κ3) is 12.3. The van der Waals surface area contributed by atoms with Crippen LogP contribution in [-0.4, -0.2) is 15.0 Å². The Kier molecular flexibility index (Phi) is 17.4. The van der Waals surface area contributed by atoms with E-state index in [4.69, 9.17) is 24.2 Å². The van der Waals surface area contributed by atoms with Gasteiger partial charge in [0, 0.05) is 95.4 Å². The average molecular weight is 1760 g/mol. The fraction of sp³-hybridized carbons (Fsp3) is 0. The van der Waals surface area contributed by atoms with Crippen molar-refractivity contribution in [3.05, 3.63) is 442 Å². The number of hydrogen-bond donors (Lipinski definition) is 0. The van der Waals surface area contributed by atoms with E-state index in [9.17, 15) is 15.8 Å². The fourth-order valence-electron chi connectivity index (χ4n) is 22.5. The quantitative estimate of drug-likeness (QED) is 0.136. The second-order valence-corrected chi connectivity index (χ2v) is 36.2. The molecule has 0 bridgehead atoms. The topological polar surface area (TPSA) is 138 Å². The Labute approximate surface area is 796 Å². The SMILES string of the molecule is N#Cc1ccc2c3c(cccc13)-c1ccc(-c3ccc(-c4ccc5ccc6c(-c7cccc8ccccc78)ccc7ccc4c5c76)nc3)cc1O2.N#Cc1ccc2c3c(cccc13)-c1ccc(-c3cccc(-c4ccc5ccc6c(-c7ccccn7)ccc7ccc4c5c76)c3)cc1O2.N#Cc1ccc2c3c(cccc13)Oc1cc(-c3ccc(-c4ccc5ccc6cccc7ccc4c5c67)nc3)ccc1-2. The van der Waals surface area contributed by atoms with Crippen LogP contribution in [0.3, 0.4) is 0 Å². The van der Waals surface area contributed by atoms with E-state index in [1.165, 1.54) is 130 Å². The number of benzene rings is 24. The molecule has 6 heterocycles. The van der Waals surface area contributed by atoms with Crippen LogP contribution >= 0.6 is 0 Å². The van der Waals surface area contributed by atoms with Gasteiger partial charge in [-0.3, -0.25) is 15.0 Å². The first-order chi connectivity index (χ1) is 68.7. The molecule has 139 heavy (non-hydrogen) atoms. The van der Waals surface area contributed by atoms with Crippen LogP contribution < -0.4 is 14.2 Å². The molecule has 0 radical (unpaired) electrons. The molecule has 9 heteroatoms. The lowest BCUT2D eigenvalue weighted by molar-refractivity contribution is 0.487. The van der Waals surface area contributed by atoms with Crippen LogP contribution in [0.1, 0.15) is 16.7 Å². The Bertz CT molecular complexity index is 10100. The minimum absolute atomic E-state index is 0.653. The summed E-state index contributed by atoms with van der Waals surface area (Å²) < 4.78 is 19.3. The van der Waals surface area contributed by atoms with E-state index in [-0.39, 0.29) is 0 Å². The summed E-state index contributed by atoms with van der Waals surface area (Å²) in [6, 6.07) is 150. The number of fused-ring (bicyclic) bond motifs is 7. The van der Waals surface area contributed by atoms with Gasteiger partial charge in [0.15, 0.2) is 0 Å². The maximum Gasteiger partial charge on any atom is 0.136 e. The molecular weight excluding hydrogens is 1690 g/mol. The summed E-state index contributed by atoms with van der Waals surface area (Å²) in [6.07, 6.45) is 5.77. The lowest BCUT2D eigenvalue weighted by Crippen LogP contribution is -1.98. The van der Waals surface area contributed by atoms with Gasteiger partial charge in [0.2, 0.25) is 0 Å². The summed E-state index contributed by atoms with van der Waals surface area (Å²) in [7, 11) is 0. The maximum absolute atomic E-state index is 9.66. The molecule has 0 N–H and O–H groups in total. The highest BCUT2D eigenvalue weighted by Crippen LogP contribution is 2.55. The van der Waals surface area contributed by atoms with Gasteiger partial charge in [-0.05, 0) is 272 Å². The van der Waals surface area contributed by atoms with Crippen LogP contribution in [0.2, 0.25) is 0 Å². The first-order valence-corrected chi connectivity index (χ1v) is 46.6. The molecule has 3 aliphatic rings. The molecule has 0 spiro atoms. The standard InChI is InChI=1S/C48H26N2O.C44H24N2O.C38H20N2O/c49-26-32-17-24-44-48-35(32)8-4-10-40(48)39-20-15-31(25-45(39)51-44)33-16-23-43(50-27-33)38-19-12-30-13-21-41-37(18-11-29-14-22-42(38)47(30)46(29)41)36-9-3-6-28-5-1-2-7-34(28)36;45-25-31-15-21-40-44-33(31)7-4-8-36(44)35-18-14-29(24-41(35)47-40)28-5-3-6-30(23-28)32-16-10-26-13-20-38-34(39-9-1-2-22-46-39)17-11-27-12-19-37(32)42(26)43(27)38;39-20-26-12-17-32-30-15-11-25(19-35(30)41-34-6-2-5-28(26)38(32)34)27-13-18-33(40-21-27)29-14-9-24-8-7-22-3-1-4-23-10-16-31(29)37(24)36(22)23/h1-25,27H;1-24H;1-19,21H. The third-order valence-corrected chi connectivity index (χ3v) is 29.0. The monoisotopic (exact) mass is 1760 g/mol. The van der Waals surface area contributed by atoms with Crippen LogP contribution in [0.4, 0.5) is 0 Å². The second kappa shape index (κ2) is 30.9. The molecule has 638 valence electrons. The highest BCUT2D eigenvalue weighted by molar-refractivity contribution is 6.31. The Balaban J connectivity index is 0.000000103. The van der Waals surface area contributed by atoms with E-state index in [1.54, 1.807) is 0 Å². The van der Waals surface area contributed by atoms with Gasteiger partial charge in [-0.15, -0.1) is 0 Å². The lowest BCUT2D eigenvalue weighted by atomic mass is 9.87. The number of hydrogen-bond acceptors (Lipinski definition) is 9. The molecule has 24 aromatic carbocycles. The fourth-order valence-corrected chi connectivity index (χ4v) is 22.5. The molecule has 0 unspecified atom stereocenters. The normalized spacial score (nSPS) is 12.0. The van der Waals surface area contributed by atoms with Crippen LogP contribution in [0.15, 0.2) is 425 Å². The molecule has 3 aliphatic heterocycles. The molecule has 0 saturated heterocycles. The van der Waals surface area contributed by atoms with Crippen molar-refractivity contribution < 1.29 is 14.2 Å². The lowest BCUT2D eigenvalue weighted by Gasteiger charge is -2.22. The van der Waals surface area contributed by atoms with Crippen molar-refractivity contribution >= 4 is 140 Å². The maximum atomic E-state index is 9.66. The molecule has 0 saturated carbocycles. The van der Waals surface area contributed by atoms with Crippen molar-refractivity contribution in [3.63, 3.8) is 0 Å². The zero-order valence-electron chi connectivity index (χ0n) is 74.3. The number of nitrogens with zero attached hydrogens (tertiary/aromatic N) is 6. The molecule has 0 atom stereocenters. The Morgan fingerprint density at radius 1 is 0.165 bits per heavy atom. The largest absolute Gasteiger partial charge is 0.456 e. The van der Waals surface area contributed by atoms with Gasteiger partial charge in [0.1, 0.15) is 34.5 Å². The number of rotatable bonds is 8. The highest BCUT2D eigenvalue weighted by atomic mass is 16.5. The number of nitriles is 3. The highest BCUT2D eigenvalue weighted by Gasteiger charge is 2.29. The van der Waals surface area contributed by atoms with Crippen molar-refractivity contribution in [1.29, 1.82) is 15.8 Å². The molecule has 0 fully saturated rings. The number of aromatic nitrogens is 3. The number of pyridine rings is 3. The smallest absolute Gasteiger partial charge is 0.136 e. The van der Waals surface area contributed by atoms with Crippen molar-refractivity contribution in [2.75, 3.05) is 0 Å². The summed E-state index contributed by atoms with van der Waals surface area (Å²) in [6.45, 7) is 0. The molecule has 0 amide bonds. The predicted octanol–water partition coefficient (Wildman–Crippen LogP) is 34.8. The van der Waals surface area contributed by atoms with Gasteiger partial charge in [0.25, 0.3) is 0 Å². The Morgan fingerprint density at radius 3 is 0.971 bits per heavy atom. The van der Waals surface area contributed by atoms with Crippen molar-refractivity contribution in [2.24, 2.45) is 0 Å². The molecule has 27 aromatic rings. The molecule has 0 aliphatic carbocycles. The van der Waals surface area contributed by atoms with Crippen LogP contribution in [-0.2, 0) is 0 Å². The zero-order chi connectivity index (χ0) is 91.8. The molecular formula is C130H70N6O3.